The Labute approximate surface area is 230 Å². The van der Waals surface area contributed by atoms with Crippen molar-refractivity contribution in [2.45, 2.75) is 142 Å². The lowest BCUT2D eigenvalue weighted by Crippen LogP contribution is -2.60. The molecule has 6 nitrogen and oxygen atoms in total. The van der Waals surface area contributed by atoms with Crippen LogP contribution >= 0.6 is 0 Å². The van der Waals surface area contributed by atoms with Crippen molar-refractivity contribution in [1.29, 1.82) is 0 Å². The number of aliphatic hydroxyl groups excluding tert-OH is 1. The molecule has 0 aromatic heterocycles. The van der Waals surface area contributed by atoms with Gasteiger partial charge in [0.05, 0.1) is 11.7 Å². The third-order valence-electron chi connectivity index (χ3n) is 14.2. The van der Waals surface area contributed by atoms with Crippen molar-refractivity contribution in [3.8, 4) is 0 Å². The summed E-state index contributed by atoms with van der Waals surface area (Å²) < 4.78 is 12.7. The van der Waals surface area contributed by atoms with Gasteiger partial charge in [0.25, 0.3) is 0 Å². The predicted octanol–water partition coefficient (Wildman–Crippen LogP) is 6.15. The fraction of sp³-hybridized carbons (Fsp3) is 0.969. The van der Waals surface area contributed by atoms with Crippen molar-refractivity contribution in [3.63, 3.8) is 0 Å². The molecule has 6 aliphatic rings. The summed E-state index contributed by atoms with van der Waals surface area (Å²) in [6.07, 6.45) is 11.6. The van der Waals surface area contributed by atoms with Crippen molar-refractivity contribution < 1.29 is 19.4 Å². The molecule has 4 N–H and O–H groups in total. The minimum absolute atomic E-state index is 0.0236. The third-order valence-corrected chi connectivity index (χ3v) is 14.2. The number of ether oxygens (including phenoxy) is 2. The number of hydrogen-bond donors (Lipinski definition) is 3. The number of hydrogen-bond acceptors (Lipinski definition) is 5. The molecule has 0 aromatic carbocycles. The van der Waals surface area contributed by atoms with Crippen molar-refractivity contribution in [2.24, 2.45) is 50.6 Å². The highest BCUT2D eigenvalue weighted by atomic mass is 16.6. The molecule has 6 fully saturated rings. The lowest BCUT2D eigenvalue weighted by atomic mass is 9.42. The summed E-state index contributed by atoms with van der Waals surface area (Å²) in [4.78, 5) is 12.0. The number of fused-ring (bicyclic) bond motifs is 4. The van der Waals surface area contributed by atoms with E-state index in [1.807, 2.05) is 13.8 Å². The fourth-order valence-electron chi connectivity index (χ4n) is 12.8. The van der Waals surface area contributed by atoms with Crippen LogP contribution in [0.4, 0.5) is 4.79 Å². The van der Waals surface area contributed by atoms with Crippen LogP contribution in [0.15, 0.2) is 0 Å². The van der Waals surface area contributed by atoms with Crippen LogP contribution in [0.2, 0.25) is 0 Å². The molecule has 0 radical (unpaired) electrons. The minimum Gasteiger partial charge on any atom is -0.443 e. The van der Waals surface area contributed by atoms with Crippen LogP contribution in [0.1, 0.15) is 119 Å². The number of carbonyl (C=O) groups excluding carboxylic acids is 1. The largest absolute Gasteiger partial charge is 0.443 e. The molecule has 1 saturated heterocycles. The topological polar surface area (TPSA) is 93.8 Å². The summed E-state index contributed by atoms with van der Waals surface area (Å²) >= 11 is 0. The first-order valence-corrected chi connectivity index (χ1v) is 15.5. The Morgan fingerprint density at radius 3 is 2.26 bits per heavy atom. The molecule has 38 heavy (non-hydrogen) atoms. The van der Waals surface area contributed by atoms with Gasteiger partial charge in [0.15, 0.2) is 0 Å². The van der Waals surface area contributed by atoms with Crippen molar-refractivity contribution >= 4 is 6.09 Å². The van der Waals surface area contributed by atoms with Crippen LogP contribution in [0.5, 0.6) is 0 Å². The van der Waals surface area contributed by atoms with Crippen LogP contribution < -0.4 is 11.1 Å². The fourth-order valence-corrected chi connectivity index (χ4v) is 12.8. The minimum atomic E-state index is -0.803. The summed E-state index contributed by atoms with van der Waals surface area (Å²) in [5.74, 6) is 1.87. The van der Waals surface area contributed by atoms with Gasteiger partial charge < -0.3 is 25.6 Å². The molecule has 0 bridgehead atoms. The number of amides is 1. The van der Waals surface area contributed by atoms with E-state index in [-0.39, 0.29) is 27.9 Å². The van der Waals surface area contributed by atoms with E-state index in [0.29, 0.717) is 29.1 Å². The number of aliphatic hydroxyl groups is 1. The number of nitrogens with two attached hydrogens (primary N) is 1. The molecule has 1 aliphatic heterocycles. The van der Waals surface area contributed by atoms with Gasteiger partial charge in [-0.3, -0.25) is 0 Å². The maximum atomic E-state index is 12.0. The molecular weight excluding hydrogens is 476 g/mol. The van der Waals surface area contributed by atoms with Gasteiger partial charge in [-0.25, -0.2) is 4.79 Å². The average molecular weight is 531 g/mol. The second-order valence-corrected chi connectivity index (χ2v) is 16.7. The van der Waals surface area contributed by atoms with Gasteiger partial charge in [0.2, 0.25) is 0 Å². The van der Waals surface area contributed by atoms with Gasteiger partial charge in [-0.1, -0.05) is 27.7 Å². The monoisotopic (exact) mass is 530 g/mol. The summed E-state index contributed by atoms with van der Waals surface area (Å²) in [5.41, 5.74) is 6.62. The zero-order chi connectivity index (χ0) is 27.8. The lowest BCUT2D eigenvalue weighted by molar-refractivity contribution is -0.224. The number of nitrogens with one attached hydrogen (secondary N) is 1. The number of alkyl carbamates (subject to hydrolysis) is 1. The molecule has 216 valence electrons. The molecule has 6 rings (SSSR count). The van der Waals surface area contributed by atoms with E-state index >= 15 is 0 Å². The average Bonchev–Trinajstić information content (AvgIpc) is 3.41. The molecular formula is C32H54N2O4. The maximum Gasteiger partial charge on any atom is 0.407 e. The Bertz CT molecular complexity index is 1030. The smallest absolute Gasteiger partial charge is 0.407 e. The van der Waals surface area contributed by atoms with E-state index in [1.54, 1.807) is 7.05 Å². The van der Waals surface area contributed by atoms with Crippen LogP contribution in [-0.2, 0) is 9.47 Å². The Hall–Kier alpha value is -0.850. The molecule has 1 heterocycles. The van der Waals surface area contributed by atoms with Gasteiger partial charge >= 0.3 is 6.09 Å². The van der Waals surface area contributed by atoms with Crippen LogP contribution in [-0.4, -0.2) is 41.3 Å². The van der Waals surface area contributed by atoms with Crippen LogP contribution in [0, 0.1) is 44.8 Å². The molecule has 2 spiro atoms. The zero-order valence-electron chi connectivity index (χ0n) is 25.3. The van der Waals surface area contributed by atoms with E-state index in [9.17, 15) is 9.90 Å². The normalized spacial score (nSPS) is 54.5. The second kappa shape index (κ2) is 7.70. The molecule has 7 unspecified atom stereocenters. The van der Waals surface area contributed by atoms with Crippen molar-refractivity contribution in [2.75, 3.05) is 7.05 Å². The summed E-state index contributed by atoms with van der Waals surface area (Å²) in [5, 5.41) is 13.5. The van der Waals surface area contributed by atoms with E-state index in [0.717, 1.165) is 31.6 Å². The highest BCUT2D eigenvalue weighted by Gasteiger charge is 2.83. The summed E-state index contributed by atoms with van der Waals surface area (Å²) in [6, 6.07) is 0. The van der Waals surface area contributed by atoms with Gasteiger partial charge in [-0.2, -0.15) is 0 Å². The second-order valence-electron chi connectivity index (χ2n) is 16.7. The Morgan fingerprint density at radius 2 is 1.58 bits per heavy atom. The first-order chi connectivity index (χ1) is 17.4. The summed E-state index contributed by atoms with van der Waals surface area (Å²) in [7, 11) is 1.59. The van der Waals surface area contributed by atoms with Crippen LogP contribution in [0.25, 0.3) is 0 Å². The van der Waals surface area contributed by atoms with Gasteiger partial charge in [-0.15, -0.1) is 0 Å². The van der Waals surface area contributed by atoms with Crippen molar-refractivity contribution in [1.82, 2.24) is 5.32 Å². The number of carbonyl (C=O) groups is 1. The van der Waals surface area contributed by atoms with E-state index in [1.165, 1.54) is 38.5 Å². The maximum absolute atomic E-state index is 12.0. The molecule has 1 amide bonds. The number of rotatable bonds is 3. The Balaban J connectivity index is 1.28. The molecule has 5 saturated carbocycles. The van der Waals surface area contributed by atoms with Crippen molar-refractivity contribution in [3.05, 3.63) is 0 Å². The van der Waals surface area contributed by atoms with E-state index < -0.39 is 17.4 Å². The molecule has 0 aromatic rings. The Morgan fingerprint density at radius 1 is 0.921 bits per heavy atom. The van der Waals surface area contributed by atoms with E-state index in [2.05, 4.69) is 39.9 Å². The third kappa shape index (κ3) is 3.26. The van der Waals surface area contributed by atoms with Gasteiger partial charge in [0, 0.05) is 13.5 Å². The SMILES string of the molecule is CNC(=O)OC(C)(C)C[C@@]1(N)CCC2C3(C)CCC45CC46CCC(O)C(C)(C)C6CCC5[C@]3(C)C[C@@]2(C)O1. The molecule has 5 aliphatic carbocycles. The quantitative estimate of drug-likeness (QED) is 0.407. The van der Waals surface area contributed by atoms with Gasteiger partial charge in [-0.05, 0) is 130 Å². The predicted molar refractivity (Wildman–Crippen MR) is 148 cm³/mol. The highest BCUT2D eigenvalue weighted by molar-refractivity contribution is 5.67. The Kier molecular flexibility index (Phi) is 5.54. The molecule has 10 atom stereocenters. The first-order valence-electron chi connectivity index (χ1n) is 15.5. The molecule has 6 heteroatoms. The van der Waals surface area contributed by atoms with Gasteiger partial charge in [0.1, 0.15) is 11.3 Å². The van der Waals surface area contributed by atoms with E-state index in [4.69, 9.17) is 15.2 Å². The van der Waals surface area contributed by atoms with Crippen LogP contribution in [0.3, 0.4) is 0 Å². The highest BCUT2D eigenvalue weighted by Crippen LogP contribution is 2.89. The standard InChI is InChI=1S/C32H54N2O4/c1-25(2,37-24(36)34-8)17-32(33)14-11-21-27(5)15-16-31-19-30(31)13-12-23(35)26(3,4)20(30)9-10-22(31)28(27,6)18-29(21,7)38-32/h20-23,35H,9-19,33H2,1-8H3,(H,34,36)/t20?,21?,22?,23?,27?,28-,29+,30?,31?,32+/m0/s1. The zero-order valence-corrected chi connectivity index (χ0v) is 25.3. The summed E-state index contributed by atoms with van der Waals surface area (Å²) in [6.45, 7) is 16.1. The first kappa shape index (κ1) is 27.3. The lowest BCUT2D eigenvalue weighted by Gasteiger charge is -2.63.